The van der Waals surface area contributed by atoms with Crippen LogP contribution in [0.1, 0.15) is 0 Å². The molecule has 0 fully saturated rings. The van der Waals surface area contributed by atoms with Gasteiger partial charge in [0.15, 0.2) is 0 Å². The van der Waals surface area contributed by atoms with E-state index < -0.39 is 0 Å². The van der Waals surface area contributed by atoms with Crippen molar-refractivity contribution < 1.29 is 0 Å². The fraction of sp³-hybridized carbons (Fsp3) is 0. The number of rotatable bonds is 7. The van der Waals surface area contributed by atoms with E-state index in [0.717, 1.165) is 17.1 Å². The van der Waals surface area contributed by atoms with Crippen LogP contribution in [0.4, 0.5) is 17.1 Å². The number of fused-ring (bicyclic) bond motifs is 4. The molecule has 10 rings (SSSR count). The summed E-state index contributed by atoms with van der Waals surface area (Å²) in [5.41, 5.74) is 14.1. The first kappa shape index (κ1) is 31.6. The normalized spacial score (nSPS) is 11.3. The number of nitrogens with zero attached hydrogens (tertiary/aromatic N) is 2. The van der Waals surface area contributed by atoms with Gasteiger partial charge in [-0.3, -0.25) is 0 Å². The van der Waals surface area contributed by atoms with Gasteiger partial charge in [0.2, 0.25) is 0 Å². The lowest BCUT2D eigenvalue weighted by Gasteiger charge is -2.26. The molecular formula is C52H36N2. The average Bonchev–Trinajstić information content (AvgIpc) is 3.59. The number of anilines is 3. The van der Waals surface area contributed by atoms with Crippen molar-refractivity contribution in [3.8, 4) is 39.1 Å². The molecular weight excluding hydrogens is 653 g/mol. The Morgan fingerprint density at radius 1 is 0.296 bits per heavy atom. The van der Waals surface area contributed by atoms with Gasteiger partial charge >= 0.3 is 0 Å². The molecule has 0 aliphatic carbocycles. The number of hydrogen-bond acceptors (Lipinski definition) is 1. The standard InChI is InChI=1S/C52H36N2/c1-2-14-44(15-3-1)53(46-34-30-40(31-35-46)43-27-24-37-12-4-5-13-42(37)36-43)45-32-28-39(29-33-45)38-22-25-41(26-23-38)47-16-6-9-19-50(47)54-51-20-10-7-17-48(51)49-18-8-11-21-52(49)54/h1-36H. The summed E-state index contributed by atoms with van der Waals surface area (Å²) < 4.78 is 2.40. The summed E-state index contributed by atoms with van der Waals surface area (Å²) in [5, 5.41) is 5.05. The van der Waals surface area contributed by atoms with Gasteiger partial charge in [0, 0.05) is 33.4 Å². The highest BCUT2D eigenvalue weighted by atomic mass is 15.1. The molecule has 10 aromatic rings. The molecule has 254 valence electrons. The molecule has 0 spiro atoms. The first-order valence-corrected chi connectivity index (χ1v) is 18.5. The van der Waals surface area contributed by atoms with Crippen molar-refractivity contribution in [3.05, 3.63) is 218 Å². The number of hydrogen-bond donors (Lipinski definition) is 0. The zero-order chi connectivity index (χ0) is 35.8. The Kier molecular flexibility index (Phi) is 7.85. The maximum absolute atomic E-state index is 2.40. The summed E-state index contributed by atoms with van der Waals surface area (Å²) in [7, 11) is 0. The van der Waals surface area contributed by atoms with Gasteiger partial charge in [0.25, 0.3) is 0 Å². The predicted octanol–water partition coefficient (Wildman–Crippen LogP) is 14.4. The maximum Gasteiger partial charge on any atom is 0.0541 e. The van der Waals surface area contributed by atoms with E-state index >= 15 is 0 Å². The molecule has 0 unspecified atom stereocenters. The summed E-state index contributed by atoms with van der Waals surface area (Å²) in [5.74, 6) is 0. The van der Waals surface area contributed by atoms with Crippen LogP contribution >= 0.6 is 0 Å². The smallest absolute Gasteiger partial charge is 0.0541 e. The summed E-state index contributed by atoms with van der Waals surface area (Å²) in [6.07, 6.45) is 0. The van der Waals surface area contributed by atoms with Crippen molar-refractivity contribution in [1.29, 1.82) is 0 Å². The Hall–Kier alpha value is -7.16. The van der Waals surface area contributed by atoms with Crippen molar-refractivity contribution >= 4 is 49.6 Å². The summed E-state index contributed by atoms with van der Waals surface area (Å²) in [6, 6.07) is 78.7. The minimum Gasteiger partial charge on any atom is -0.311 e. The lowest BCUT2D eigenvalue weighted by molar-refractivity contribution is 1.18. The van der Waals surface area contributed by atoms with Crippen LogP contribution in [0, 0.1) is 0 Å². The number of aromatic nitrogens is 1. The minimum absolute atomic E-state index is 1.11. The molecule has 0 radical (unpaired) electrons. The zero-order valence-electron chi connectivity index (χ0n) is 29.7. The molecule has 54 heavy (non-hydrogen) atoms. The predicted molar refractivity (Wildman–Crippen MR) is 229 cm³/mol. The third-order valence-corrected chi connectivity index (χ3v) is 10.6. The summed E-state index contributed by atoms with van der Waals surface area (Å²) in [6.45, 7) is 0. The highest BCUT2D eigenvalue weighted by molar-refractivity contribution is 6.09. The molecule has 0 aliphatic heterocycles. The van der Waals surface area contributed by atoms with Gasteiger partial charge in [-0.25, -0.2) is 0 Å². The second-order valence-corrected chi connectivity index (χ2v) is 13.8. The number of para-hydroxylation sites is 4. The highest BCUT2D eigenvalue weighted by Crippen LogP contribution is 2.39. The van der Waals surface area contributed by atoms with E-state index in [0.29, 0.717) is 0 Å². The van der Waals surface area contributed by atoms with Crippen molar-refractivity contribution in [2.45, 2.75) is 0 Å². The largest absolute Gasteiger partial charge is 0.311 e. The van der Waals surface area contributed by atoms with Crippen LogP contribution in [0.15, 0.2) is 218 Å². The minimum atomic E-state index is 1.11. The van der Waals surface area contributed by atoms with Gasteiger partial charge in [-0.2, -0.15) is 0 Å². The molecule has 0 atom stereocenters. The Balaban J connectivity index is 0.959. The first-order valence-electron chi connectivity index (χ1n) is 18.5. The Bertz CT molecular complexity index is 2850. The van der Waals surface area contributed by atoms with Crippen LogP contribution in [-0.2, 0) is 0 Å². The third kappa shape index (κ3) is 5.62. The topological polar surface area (TPSA) is 8.17 Å². The van der Waals surface area contributed by atoms with Crippen molar-refractivity contribution in [2.24, 2.45) is 0 Å². The van der Waals surface area contributed by atoms with Crippen LogP contribution in [0.5, 0.6) is 0 Å². The second-order valence-electron chi connectivity index (χ2n) is 13.8. The van der Waals surface area contributed by atoms with Crippen LogP contribution < -0.4 is 4.90 Å². The lowest BCUT2D eigenvalue weighted by Crippen LogP contribution is -2.09. The molecule has 1 aromatic heterocycles. The molecule has 0 saturated carbocycles. The average molecular weight is 689 g/mol. The highest BCUT2D eigenvalue weighted by Gasteiger charge is 2.16. The second kappa shape index (κ2) is 13.4. The van der Waals surface area contributed by atoms with E-state index in [1.807, 2.05) is 0 Å². The molecule has 0 amide bonds. The van der Waals surface area contributed by atoms with E-state index in [1.54, 1.807) is 0 Å². The van der Waals surface area contributed by atoms with E-state index in [1.165, 1.54) is 71.6 Å². The fourth-order valence-corrected chi connectivity index (χ4v) is 7.94. The van der Waals surface area contributed by atoms with Gasteiger partial charge < -0.3 is 9.47 Å². The molecule has 2 heteroatoms. The maximum atomic E-state index is 2.40. The van der Waals surface area contributed by atoms with Gasteiger partial charge in [0.05, 0.1) is 16.7 Å². The molecule has 1 heterocycles. The third-order valence-electron chi connectivity index (χ3n) is 10.6. The summed E-state index contributed by atoms with van der Waals surface area (Å²) >= 11 is 0. The van der Waals surface area contributed by atoms with Crippen molar-refractivity contribution in [1.82, 2.24) is 4.57 Å². The Morgan fingerprint density at radius 3 is 1.39 bits per heavy atom. The van der Waals surface area contributed by atoms with E-state index in [9.17, 15) is 0 Å². The van der Waals surface area contributed by atoms with Gasteiger partial charge in [0.1, 0.15) is 0 Å². The molecule has 0 N–H and O–H groups in total. The molecule has 9 aromatic carbocycles. The fourth-order valence-electron chi connectivity index (χ4n) is 7.94. The molecule has 2 nitrogen and oxygen atoms in total. The Labute approximate surface area is 315 Å². The van der Waals surface area contributed by atoms with E-state index in [2.05, 4.69) is 228 Å². The van der Waals surface area contributed by atoms with Crippen LogP contribution in [-0.4, -0.2) is 4.57 Å². The number of benzene rings is 9. The van der Waals surface area contributed by atoms with Crippen LogP contribution in [0.25, 0.3) is 71.6 Å². The Morgan fingerprint density at radius 2 is 0.741 bits per heavy atom. The van der Waals surface area contributed by atoms with E-state index in [-0.39, 0.29) is 0 Å². The first-order chi connectivity index (χ1) is 26.8. The quantitative estimate of drug-likeness (QED) is 0.162. The molecule has 0 bridgehead atoms. The van der Waals surface area contributed by atoms with Crippen LogP contribution in [0.3, 0.4) is 0 Å². The van der Waals surface area contributed by atoms with Crippen LogP contribution in [0.2, 0.25) is 0 Å². The summed E-state index contributed by atoms with van der Waals surface area (Å²) in [4.78, 5) is 2.32. The lowest BCUT2D eigenvalue weighted by atomic mass is 9.98. The zero-order valence-corrected chi connectivity index (χ0v) is 29.7. The van der Waals surface area contributed by atoms with Gasteiger partial charge in [-0.1, -0.05) is 158 Å². The van der Waals surface area contributed by atoms with E-state index in [4.69, 9.17) is 0 Å². The monoisotopic (exact) mass is 688 g/mol. The molecule has 0 aliphatic rings. The van der Waals surface area contributed by atoms with Gasteiger partial charge in [-0.05, 0) is 99.3 Å². The SMILES string of the molecule is c1ccc(N(c2ccc(-c3ccc(-c4ccccc4-n4c5ccccc5c5ccccc54)cc3)cc2)c2ccc(-c3ccc4ccccc4c3)cc2)cc1. The van der Waals surface area contributed by atoms with Crippen molar-refractivity contribution in [2.75, 3.05) is 4.90 Å². The molecule has 0 saturated heterocycles. The van der Waals surface area contributed by atoms with Gasteiger partial charge in [-0.15, -0.1) is 0 Å². The van der Waals surface area contributed by atoms with Crippen molar-refractivity contribution in [3.63, 3.8) is 0 Å².